The van der Waals surface area contributed by atoms with E-state index in [1.54, 1.807) is 36.4 Å². The predicted octanol–water partition coefficient (Wildman–Crippen LogP) is 4.08. The minimum atomic E-state index is -3.38. The van der Waals surface area contributed by atoms with Crippen LogP contribution in [0.1, 0.15) is 62.5 Å². The number of amides is 3. The van der Waals surface area contributed by atoms with Crippen LogP contribution in [-0.4, -0.2) is 88.8 Å². The van der Waals surface area contributed by atoms with Gasteiger partial charge in [-0.2, -0.15) is 0 Å². The molecule has 17 heteroatoms. The fraction of sp³-hybridized carbons (Fsp3) is 0.457. The molecule has 0 aliphatic carbocycles. The molecule has 281 valence electrons. The van der Waals surface area contributed by atoms with Gasteiger partial charge in [0, 0.05) is 29.6 Å². The van der Waals surface area contributed by atoms with Crippen molar-refractivity contribution in [2.24, 2.45) is 5.73 Å². The van der Waals surface area contributed by atoms with E-state index in [2.05, 4.69) is 28.6 Å². The first-order chi connectivity index (χ1) is 24.9. The molecule has 0 aromatic heterocycles. The van der Waals surface area contributed by atoms with Crippen molar-refractivity contribution in [3.63, 3.8) is 0 Å². The van der Waals surface area contributed by atoms with Gasteiger partial charge in [-0.05, 0) is 61.2 Å². The zero-order chi connectivity index (χ0) is 38.5. The Bertz CT molecular complexity index is 1650. The first kappa shape index (κ1) is 44.4. The van der Waals surface area contributed by atoms with Crippen molar-refractivity contribution in [2.45, 2.75) is 62.4 Å². The van der Waals surface area contributed by atoms with Crippen LogP contribution in [0.15, 0.2) is 53.4 Å². The summed E-state index contributed by atoms with van der Waals surface area (Å²) in [7, 11) is -3.38. The number of nitrogens with two attached hydrogens (primary N) is 1. The van der Waals surface area contributed by atoms with Crippen LogP contribution in [-0.2, 0) is 73.5 Å². The van der Waals surface area contributed by atoms with Crippen molar-refractivity contribution in [2.75, 3.05) is 44.8 Å². The first-order valence-electron chi connectivity index (χ1n) is 16.5. The number of nitrogens with zero attached hydrogens (tertiary/aromatic N) is 3. The van der Waals surface area contributed by atoms with E-state index in [0.29, 0.717) is 47.4 Å². The average Bonchev–Trinajstić information content (AvgIpc) is 3.54. The molecule has 2 aromatic rings. The SMILES string of the molecule is CS(=O)(=O)c1ccc(C2=C(c3ccc(OC(CCCCCCCCCN)C(=O)C[N-]C(=O)C[N-]C(=O)C[N-]C(=O)C[S-])cc3)C(=O)OC2)cc1.[O]=[Tc+4]. The zero-order valence-corrected chi connectivity index (χ0v) is 32.3. The van der Waals surface area contributed by atoms with Gasteiger partial charge in [0.2, 0.25) is 0 Å². The number of hydrogen-bond acceptors (Lipinski definition) is 12. The van der Waals surface area contributed by atoms with Gasteiger partial charge in [0.15, 0.2) is 21.7 Å². The Morgan fingerprint density at radius 1 is 0.808 bits per heavy atom. The van der Waals surface area contributed by atoms with Gasteiger partial charge in [-0.1, -0.05) is 76.0 Å². The van der Waals surface area contributed by atoms with Gasteiger partial charge in [-0.3, -0.25) is 4.79 Å². The molecule has 2 aromatic carbocycles. The van der Waals surface area contributed by atoms with Crippen LogP contribution >= 0.6 is 0 Å². The number of hydrogen-bond donors (Lipinski definition) is 1. The fourth-order valence-electron chi connectivity index (χ4n) is 5.06. The van der Waals surface area contributed by atoms with Gasteiger partial charge in [-0.25, -0.2) is 13.2 Å². The van der Waals surface area contributed by atoms with Crippen LogP contribution in [0.3, 0.4) is 0 Å². The molecule has 0 saturated heterocycles. The molecule has 1 aliphatic rings. The standard InChI is InChI=1S/C35H46N4O9S2.O.Tc/c1-50(45,46)27-16-12-24(13-17-27)28-22-47-35(44)34(28)25-10-14-26(15-11-25)48-30(9-7-5-3-2-4-6-8-18-36)29(40)19-37-31(41)20-38-32(42)21-39-33(43)23-49;;/h10-17,30H,2-9,18-23,36H2,1H3,(H4,37,38,39,41,42,43,49);;/q;;+4/p-4. The van der Waals surface area contributed by atoms with Gasteiger partial charge in [0.1, 0.15) is 12.4 Å². The van der Waals surface area contributed by atoms with E-state index in [-0.39, 0.29) is 17.3 Å². The molecule has 0 fully saturated rings. The van der Waals surface area contributed by atoms with Gasteiger partial charge >= 0.3 is 28.3 Å². The van der Waals surface area contributed by atoms with Crippen molar-refractivity contribution >= 4 is 63.1 Å². The van der Waals surface area contributed by atoms with E-state index in [9.17, 15) is 32.4 Å². The summed E-state index contributed by atoms with van der Waals surface area (Å²) in [4.78, 5) is 61.2. The normalized spacial score (nSPS) is 13.0. The van der Waals surface area contributed by atoms with Gasteiger partial charge < -0.3 is 58.2 Å². The molecule has 0 spiro atoms. The summed E-state index contributed by atoms with van der Waals surface area (Å²) in [5.74, 6) is -3.02. The number of esters is 1. The van der Waals surface area contributed by atoms with Crippen molar-refractivity contribution in [3.8, 4) is 5.75 Å². The maximum absolute atomic E-state index is 13.2. The first-order valence-corrected chi connectivity index (χ1v) is 19.7. The number of rotatable bonds is 22. The second-order valence-electron chi connectivity index (χ2n) is 11.6. The van der Waals surface area contributed by atoms with E-state index in [0.717, 1.165) is 63.6 Å². The molecule has 2 N–H and O–H groups in total. The molecule has 1 unspecified atom stereocenters. The molecular formula is C35H42N4O10S2Tc. The molecule has 3 amide bonds. The monoisotopic (exact) mass is 839 g/mol. The summed E-state index contributed by atoms with van der Waals surface area (Å²) in [6.07, 6.45) is 7.41. The quantitative estimate of drug-likeness (QED) is 0.101. The van der Waals surface area contributed by atoms with Crippen LogP contribution in [0.4, 0.5) is 0 Å². The van der Waals surface area contributed by atoms with Gasteiger partial charge in [0.25, 0.3) is 0 Å². The third-order valence-electron chi connectivity index (χ3n) is 7.75. The molecule has 0 radical (unpaired) electrons. The molecule has 14 nitrogen and oxygen atoms in total. The predicted molar refractivity (Wildman–Crippen MR) is 192 cm³/mol. The van der Waals surface area contributed by atoms with Crippen LogP contribution in [0.2, 0.25) is 0 Å². The third kappa shape index (κ3) is 15.5. The Morgan fingerprint density at radius 2 is 1.33 bits per heavy atom. The van der Waals surface area contributed by atoms with Crippen molar-refractivity contribution < 1.29 is 64.2 Å². The van der Waals surface area contributed by atoms with E-state index < -0.39 is 65.0 Å². The Kier molecular flexibility index (Phi) is 20.3. The number of cyclic esters (lactones) is 1. The topological polar surface area (TPSA) is 223 Å². The number of ketones is 1. The second kappa shape index (κ2) is 23.7. The maximum atomic E-state index is 13.2. The molecule has 1 aliphatic heterocycles. The molecule has 52 heavy (non-hydrogen) atoms. The Hall–Kier alpha value is -3.76. The van der Waals surface area contributed by atoms with E-state index in [1.807, 2.05) is 0 Å². The minimum absolute atomic E-state index is 0.0297. The molecule has 0 bridgehead atoms. The van der Waals surface area contributed by atoms with Gasteiger partial charge in [-0.15, -0.1) is 5.75 Å². The Balaban J connectivity index is 0.00000460. The summed E-state index contributed by atoms with van der Waals surface area (Å²) in [6.45, 7) is -0.855. The van der Waals surface area contributed by atoms with Crippen LogP contribution < -0.4 is 10.5 Å². The van der Waals surface area contributed by atoms with Crippen molar-refractivity contribution in [1.29, 1.82) is 0 Å². The van der Waals surface area contributed by atoms with Crippen LogP contribution in [0, 0.1) is 0 Å². The molecule has 3 rings (SSSR count). The van der Waals surface area contributed by atoms with Crippen LogP contribution in [0.25, 0.3) is 27.1 Å². The molecule has 1 atom stereocenters. The zero-order valence-electron chi connectivity index (χ0n) is 28.8. The average molecular weight is 841 g/mol. The second-order valence-corrected chi connectivity index (χ2v) is 14.0. The summed E-state index contributed by atoms with van der Waals surface area (Å²) in [5.41, 5.74) is 7.71. The van der Waals surface area contributed by atoms with Gasteiger partial charge in [0.05, 0.1) is 10.5 Å². The van der Waals surface area contributed by atoms with Crippen molar-refractivity contribution in [3.05, 3.63) is 75.6 Å². The van der Waals surface area contributed by atoms with Crippen LogP contribution in [0.5, 0.6) is 5.75 Å². The molecule has 1 heterocycles. The van der Waals surface area contributed by atoms with Crippen molar-refractivity contribution in [1.82, 2.24) is 0 Å². The van der Waals surface area contributed by atoms with E-state index >= 15 is 0 Å². The number of unbranched alkanes of at least 4 members (excludes halogenated alkanes) is 6. The summed E-state index contributed by atoms with van der Waals surface area (Å²) in [5, 5.41) is 10.7. The Morgan fingerprint density at radius 3 is 1.88 bits per heavy atom. The summed E-state index contributed by atoms with van der Waals surface area (Å²) < 4.78 is 43.3. The molecule has 0 saturated carbocycles. The summed E-state index contributed by atoms with van der Waals surface area (Å²) >= 11 is 5.44. The number of ether oxygens (including phenoxy) is 2. The number of benzene rings is 2. The third-order valence-corrected chi connectivity index (χ3v) is 9.13. The Labute approximate surface area is 320 Å². The number of sulfone groups is 1. The fourth-order valence-corrected chi connectivity index (χ4v) is 5.78. The number of carbonyl (C=O) groups excluding carboxylic acids is 5. The number of Topliss-reactive ketones (excluding diaryl/α,β-unsaturated/α-hetero) is 1. The molecular weight excluding hydrogens is 799 g/mol. The van der Waals surface area contributed by atoms with E-state index in [4.69, 9.17) is 18.7 Å². The van der Waals surface area contributed by atoms with E-state index in [1.165, 1.54) is 12.1 Å². The summed E-state index contributed by atoms with van der Waals surface area (Å²) in [6, 6.07) is 12.8. The number of carbonyl (C=O) groups is 5.